The molecule has 0 radical (unpaired) electrons. The van der Waals surface area contributed by atoms with E-state index in [1.807, 2.05) is 30.5 Å². The van der Waals surface area contributed by atoms with Crippen LogP contribution < -0.4 is 0 Å². The first-order valence-electron chi connectivity index (χ1n) is 11.2. The number of carbonyl (C=O) groups is 1. The van der Waals surface area contributed by atoms with E-state index in [9.17, 15) is 13.2 Å². The van der Waals surface area contributed by atoms with Crippen molar-refractivity contribution >= 4 is 54.8 Å². The predicted molar refractivity (Wildman–Crippen MR) is 143 cm³/mol. The second kappa shape index (κ2) is 11.5. The number of hydrogen-bond donors (Lipinski definition) is 0. The number of benzene rings is 2. The van der Waals surface area contributed by atoms with Gasteiger partial charge < -0.3 is 9.64 Å². The highest BCUT2D eigenvalue weighted by Crippen LogP contribution is 2.28. The molecule has 1 fully saturated rings. The molecule has 10 heteroatoms. The molecular formula is C25H26BrClN2O4S2. The number of nitrogens with zero attached hydrogens (tertiary/aromatic N) is 2. The lowest BCUT2D eigenvalue weighted by Gasteiger charge is -2.30. The van der Waals surface area contributed by atoms with Gasteiger partial charge in [0.15, 0.2) is 0 Å². The van der Waals surface area contributed by atoms with Gasteiger partial charge >= 0.3 is 0 Å². The third kappa shape index (κ3) is 6.34. The first kappa shape index (κ1) is 26.3. The van der Waals surface area contributed by atoms with Crippen molar-refractivity contribution in [1.29, 1.82) is 0 Å². The molecule has 3 aromatic rings. The molecule has 1 saturated heterocycles. The lowest BCUT2D eigenvalue weighted by Crippen LogP contribution is -2.41. The molecule has 0 N–H and O–H groups in total. The van der Waals surface area contributed by atoms with Crippen molar-refractivity contribution < 1.29 is 17.9 Å². The monoisotopic (exact) mass is 596 g/mol. The highest BCUT2D eigenvalue weighted by Gasteiger charge is 2.30. The first-order valence-corrected chi connectivity index (χ1v) is 14.7. The highest BCUT2D eigenvalue weighted by atomic mass is 79.9. The molecule has 2 aromatic carbocycles. The van der Waals surface area contributed by atoms with E-state index in [0.717, 1.165) is 5.56 Å². The van der Waals surface area contributed by atoms with Crippen LogP contribution in [0.3, 0.4) is 0 Å². The van der Waals surface area contributed by atoms with Crippen molar-refractivity contribution in [3.8, 4) is 0 Å². The Morgan fingerprint density at radius 3 is 2.54 bits per heavy atom. The summed E-state index contributed by atoms with van der Waals surface area (Å²) in [6.45, 7) is 3.66. The summed E-state index contributed by atoms with van der Waals surface area (Å²) in [4.78, 5) is 16.9. The Balaban J connectivity index is 1.66. The van der Waals surface area contributed by atoms with Gasteiger partial charge in [-0.2, -0.15) is 4.31 Å². The van der Waals surface area contributed by atoms with Crippen LogP contribution in [-0.4, -0.2) is 55.9 Å². The molecule has 0 spiro atoms. The molecule has 2 heterocycles. The molecule has 1 aliphatic rings. The molecular weight excluding hydrogens is 572 g/mol. The van der Waals surface area contributed by atoms with E-state index in [-0.39, 0.29) is 29.9 Å². The van der Waals surface area contributed by atoms with Crippen LogP contribution in [0.2, 0.25) is 5.02 Å². The molecule has 6 nitrogen and oxygen atoms in total. The Morgan fingerprint density at radius 1 is 1.17 bits per heavy atom. The van der Waals surface area contributed by atoms with E-state index in [4.69, 9.17) is 16.3 Å². The fraction of sp³-hybridized carbons (Fsp3) is 0.320. The van der Waals surface area contributed by atoms with Crippen LogP contribution in [0, 0.1) is 0 Å². The first-order chi connectivity index (χ1) is 16.8. The van der Waals surface area contributed by atoms with Crippen LogP contribution in [0.1, 0.15) is 27.7 Å². The standard InChI is InChI=1S/C25H26BrClN2O4S2/c1-18(15-22-3-2-14-34-22)29(17-19-4-7-21(27)8-5-19)25(30)20-6-9-23(26)24(16-20)35(31,32)28-10-12-33-13-11-28/h2-9,14,16,18H,10-13,15,17H2,1H3/t18-/m1/s1. The molecule has 1 atom stereocenters. The summed E-state index contributed by atoms with van der Waals surface area (Å²) in [5, 5.41) is 2.65. The van der Waals surface area contributed by atoms with Crippen LogP contribution in [0.5, 0.6) is 0 Å². The summed E-state index contributed by atoms with van der Waals surface area (Å²) >= 11 is 11.1. The van der Waals surface area contributed by atoms with Crippen molar-refractivity contribution in [2.45, 2.75) is 30.8 Å². The van der Waals surface area contributed by atoms with Crippen molar-refractivity contribution in [3.63, 3.8) is 0 Å². The molecule has 0 saturated carbocycles. The second-order valence-electron chi connectivity index (χ2n) is 8.35. The van der Waals surface area contributed by atoms with Gasteiger partial charge in [0.05, 0.1) is 18.1 Å². The minimum Gasteiger partial charge on any atom is -0.379 e. The minimum atomic E-state index is -3.78. The zero-order valence-electron chi connectivity index (χ0n) is 19.2. The number of ether oxygens (including phenoxy) is 1. The van der Waals surface area contributed by atoms with Crippen LogP contribution >= 0.6 is 38.9 Å². The number of hydrogen-bond acceptors (Lipinski definition) is 5. The number of halogens is 2. The van der Waals surface area contributed by atoms with Gasteiger partial charge in [0.2, 0.25) is 10.0 Å². The Hall–Kier alpha value is -1.75. The quantitative estimate of drug-likeness (QED) is 0.346. The van der Waals surface area contributed by atoms with Gasteiger partial charge in [0.25, 0.3) is 5.91 Å². The molecule has 35 heavy (non-hydrogen) atoms. The fourth-order valence-corrected chi connectivity index (χ4v) is 7.28. The van der Waals surface area contributed by atoms with E-state index < -0.39 is 10.0 Å². The third-order valence-corrected chi connectivity index (χ3v) is 9.95. The predicted octanol–water partition coefficient (Wildman–Crippen LogP) is 5.46. The van der Waals surface area contributed by atoms with E-state index in [0.29, 0.717) is 41.2 Å². The van der Waals surface area contributed by atoms with E-state index in [2.05, 4.69) is 22.0 Å². The SMILES string of the molecule is C[C@H](Cc1cccs1)N(Cc1ccc(Cl)cc1)C(=O)c1ccc(Br)c(S(=O)(=O)N2CCOCC2)c1. The van der Waals surface area contributed by atoms with Gasteiger partial charge in [-0.15, -0.1) is 11.3 Å². The largest absolute Gasteiger partial charge is 0.379 e. The Morgan fingerprint density at radius 2 is 1.89 bits per heavy atom. The molecule has 186 valence electrons. The molecule has 0 aliphatic carbocycles. The summed E-state index contributed by atoms with van der Waals surface area (Å²) in [6, 6.07) is 16.1. The van der Waals surface area contributed by atoms with Crippen LogP contribution in [0.4, 0.5) is 0 Å². The molecule has 1 amide bonds. The van der Waals surface area contributed by atoms with Crippen molar-refractivity contribution in [2.75, 3.05) is 26.3 Å². The Labute approximate surface area is 223 Å². The highest BCUT2D eigenvalue weighted by molar-refractivity contribution is 9.10. The number of morpholine rings is 1. The van der Waals surface area contributed by atoms with Crippen LogP contribution in [0.15, 0.2) is 69.3 Å². The summed E-state index contributed by atoms with van der Waals surface area (Å²) in [6.07, 6.45) is 0.701. The maximum atomic E-state index is 13.8. The zero-order valence-corrected chi connectivity index (χ0v) is 23.2. The molecule has 0 bridgehead atoms. The summed E-state index contributed by atoms with van der Waals surface area (Å²) in [5.74, 6) is -0.227. The number of rotatable bonds is 8. The van der Waals surface area contributed by atoms with Crippen molar-refractivity contribution in [1.82, 2.24) is 9.21 Å². The third-order valence-electron chi connectivity index (χ3n) is 5.90. The van der Waals surface area contributed by atoms with Gasteiger partial charge in [-0.25, -0.2) is 8.42 Å². The zero-order chi connectivity index (χ0) is 25.0. The smallest absolute Gasteiger partial charge is 0.254 e. The van der Waals surface area contributed by atoms with Gasteiger partial charge in [-0.05, 0) is 70.2 Å². The topological polar surface area (TPSA) is 66.9 Å². The summed E-state index contributed by atoms with van der Waals surface area (Å²) in [7, 11) is -3.78. The molecule has 1 aliphatic heterocycles. The second-order valence-corrected chi connectivity index (χ2v) is 12.6. The Bertz CT molecular complexity index is 1260. The van der Waals surface area contributed by atoms with E-state index in [1.54, 1.807) is 40.5 Å². The van der Waals surface area contributed by atoms with Gasteiger partial charge in [0, 0.05) is 52.0 Å². The average molecular weight is 598 g/mol. The van der Waals surface area contributed by atoms with E-state index >= 15 is 0 Å². The van der Waals surface area contributed by atoms with Crippen LogP contribution in [0.25, 0.3) is 0 Å². The molecule has 1 aromatic heterocycles. The lowest BCUT2D eigenvalue weighted by molar-refractivity contribution is 0.0675. The number of thiophene rings is 1. The summed E-state index contributed by atoms with van der Waals surface area (Å²) < 4.78 is 33.8. The molecule has 0 unspecified atom stereocenters. The van der Waals surface area contributed by atoms with Gasteiger partial charge in [-0.1, -0.05) is 29.8 Å². The number of sulfonamides is 1. The van der Waals surface area contributed by atoms with Gasteiger partial charge in [-0.3, -0.25) is 4.79 Å². The average Bonchev–Trinajstić information content (AvgIpc) is 3.37. The van der Waals surface area contributed by atoms with Crippen LogP contribution in [-0.2, 0) is 27.7 Å². The maximum Gasteiger partial charge on any atom is 0.254 e. The number of carbonyl (C=O) groups excluding carboxylic acids is 1. The molecule has 4 rings (SSSR count). The Kier molecular flexibility index (Phi) is 8.67. The summed E-state index contributed by atoms with van der Waals surface area (Å²) in [5.41, 5.74) is 1.27. The van der Waals surface area contributed by atoms with Gasteiger partial charge in [0.1, 0.15) is 0 Å². The fourth-order valence-electron chi connectivity index (χ4n) is 3.97. The lowest BCUT2D eigenvalue weighted by atomic mass is 10.1. The van der Waals surface area contributed by atoms with E-state index in [1.165, 1.54) is 15.2 Å². The van der Waals surface area contributed by atoms with Crippen molar-refractivity contribution in [2.24, 2.45) is 0 Å². The normalized spacial score (nSPS) is 15.6. The number of amides is 1. The maximum absolute atomic E-state index is 13.8. The van der Waals surface area contributed by atoms with Crippen molar-refractivity contribution in [3.05, 3.63) is 85.5 Å². The minimum absolute atomic E-state index is 0.0857.